The molecular weight excluding hydrogens is 364 g/mol. The van der Waals surface area contributed by atoms with E-state index in [4.69, 9.17) is 8.71 Å². The minimum absolute atomic E-state index is 0.0198. The average Bonchev–Trinajstić information content (AvgIpc) is 3.12. The molecule has 0 spiro atoms. The highest BCUT2D eigenvalue weighted by Gasteiger charge is 2.36. The van der Waals surface area contributed by atoms with Gasteiger partial charge in [0, 0.05) is 13.0 Å². The number of aromatic nitrogens is 6. The Morgan fingerprint density at radius 1 is 1.31 bits per heavy atom. The molecule has 0 amide bonds. The molecule has 138 valence electrons. The smallest absolute Gasteiger partial charge is 0.280 e. The van der Waals surface area contributed by atoms with E-state index in [0.29, 0.717) is 29.8 Å². The lowest BCUT2D eigenvalue weighted by Gasteiger charge is -2.31. The molecule has 3 aromatic heterocycles. The van der Waals surface area contributed by atoms with Gasteiger partial charge in [-0.05, 0) is 12.8 Å². The second-order valence-electron chi connectivity index (χ2n) is 6.34. The lowest BCUT2D eigenvalue weighted by atomic mass is 9.82. The van der Waals surface area contributed by atoms with Crippen LogP contribution in [0, 0.1) is 0 Å². The van der Waals surface area contributed by atoms with Gasteiger partial charge in [-0.15, -0.1) is 0 Å². The van der Waals surface area contributed by atoms with Crippen molar-refractivity contribution in [1.82, 2.24) is 29.2 Å². The summed E-state index contributed by atoms with van der Waals surface area (Å²) in [6, 6.07) is 0. The summed E-state index contributed by atoms with van der Waals surface area (Å²) in [6.45, 7) is 0.0932. The summed E-state index contributed by atoms with van der Waals surface area (Å²) in [4.78, 5) is 25.0. The van der Waals surface area contributed by atoms with Crippen LogP contribution in [-0.4, -0.2) is 50.0 Å². The Hall–Kier alpha value is -2.60. The Morgan fingerprint density at radius 3 is 2.77 bits per heavy atom. The molecule has 1 aliphatic carbocycles. The van der Waals surface area contributed by atoms with Crippen LogP contribution in [0.4, 0.5) is 0 Å². The second kappa shape index (κ2) is 5.99. The topological polar surface area (TPSA) is 135 Å². The molecule has 0 N–H and O–H groups in total. The quantitative estimate of drug-likeness (QED) is 0.550. The predicted octanol–water partition coefficient (Wildman–Crippen LogP) is -0.217. The van der Waals surface area contributed by atoms with Crippen molar-refractivity contribution in [1.29, 1.82) is 0 Å². The molecule has 1 aliphatic rings. The van der Waals surface area contributed by atoms with Gasteiger partial charge in [0.2, 0.25) is 5.89 Å². The van der Waals surface area contributed by atoms with Gasteiger partial charge >= 0.3 is 0 Å². The van der Waals surface area contributed by atoms with Gasteiger partial charge in [-0.3, -0.25) is 13.5 Å². The van der Waals surface area contributed by atoms with E-state index in [2.05, 4.69) is 20.1 Å². The van der Waals surface area contributed by atoms with Crippen molar-refractivity contribution in [3.05, 3.63) is 34.7 Å². The van der Waals surface area contributed by atoms with Gasteiger partial charge in [0.1, 0.15) is 12.9 Å². The van der Waals surface area contributed by atoms with Crippen LogP contribution in [0.2, 0.25) is 0 Å². The third-order valence-electron chi connectivity index (χ3n) is 4.26. The van der Waals surface area contributed by atoms with Crippen LogP contribution in [0.3, 0.4) is 0 Å². The Balaban J connectivity index is 1.47. The van der Waals surface area contributed by atoms with E-state index in [0.717, 1.165) is 6.26 Å². The first kappa shape index (κ1) is 16.8. The number of imidazole rings is 1. The third-order valence-corrected chi connectivity index (χ3v) is 4.88. The van der Waals surface area contributed by atoms with Gasteiger partial charge in [-0.1, -0.05) is 5.16 Å². The van der Waals surface area contributed by atoms with Gasteiger partial charge in [0.15, 0.2) is 17.0 Å². The number of nitrogens with zero attached hydrogens (tertiary/aromatic N) is 6. The summed E-state index contributed by atoms with van der Waals surface area (Å²) in [5, 5.41) is 3.92. The van der Waals surface area contributed by atoms with Crippen molar-refractivity contribution >= 4 is 21.3 Å². The Kier molecular flexibility index (Phi) is 3.88. The minimum Gasteiger partial charge on any atom is -0.337 e. The van der Waals surface area contributed by atoms with Crippen molar-refractivity contribution in [2.45, 2.75) is 31.4 Å². The van der Waals surface area contributed by atoms with Crippen LogP contribution < -0.4 is 5.56 Å². The Bertz CT molecular complexity index is 1120. The molecule has 3 heterocycles. The van der Waals surface area contributed by atoms with Gasteiger partial charge < -0.3 is 9.09 Å². The van der Waals surface area contributed by atoms with E-state index in [1.165, 1.54) is 17.2 Å². The van der Waals surface area contributed by atoms with Crippen molar-refractivity contribution in [2.24, 2.45) is 7.05 Å². The third kappa shape index (κ3) is 3.12. The number of rotatable bonds is 5. The molecule has 4 rings (SSSR count). The minimum atomic E-state index is -3.46. The normalized spacial score (nSPS) is 20.4. The first-order valence-corrected chi connectivity index (χ1v) is 9.69. The van der Waals surface area contributed by atoms with Crippen molar-refractivity contribution in [3.8, 4) is 0 Å². The molecule has 0 unspecified atom stereocenters. The van der Waals surface area contributed by atoms with Gasteiger partial charge in [-0.2, -0.15) is 13.4 Å². The molecule has 1 fully saturated rings. The molecule has 11 nitrogen and oxygen atoms in total. The monoisotopic (exact) mass is 380 g/mol. The van der Waals surface area contributed by atoms with Crippen molar-refractivity contribution < 1.29 is 17.1 Å². The van der Waals surface area contributed by atoms with Crippen molar-refractivity contribution in [3.63, 3.8) is 0 Å². The Labute approximate surface area is 147 Å². The maximum atomic E-state index is 12.5. The molecule has 0 saturated heterocycles. The van der Waals surface area contributed by atoms with Gasteiger partial charge in [0.05, 0.1) is 18.7 Å². The molecule has 0 aromatic carbocycles. The van der Waals surface area contributed by atoms with E-state index < -0.39 is 10.1 Å². The molecule has 0 radical (unpaired) electrons. The zero-order valence-corrected chi connectivity index (χ0v) is 14.9. The Morgan fingerprint density at radius 2 is 2.04 bits per heavy atom. The summed E-state index contributed by atoms with van der Waals surface area (Å²) in [6.07, 6.45) is 4.61. The molecule has 26 heavy (non-hydrogen) atoms. The number of fused-ring (bicyclic) bond motifs is 1. The lowest BCUT2D eigenvalue weighted by molar-refractivity contribution is 0.102. The van der Waals surface area contributed by atoms with Crippen LogP contribution in [0.1, 0.15) is 30.5 Å². The number of aryl methyl sites for hydroxylation is 1. The molecule has 3 aromatic rings. The fraction of sp³-hybridized carbons (Fsp3) is 0.500. The summed E-state index contributed by atoms with van der Waals surface area (Å²) >= 11 is 0. The van der Waals surface area contributed by atoms with Crippen LogP contribution in [0.25, 0.3) is 11.2 Å². The maximum Gasteiger partial charge on any atom is 0.280 e. The lowest BCUT2D eigenvalue weighted by Crippen LogP contribution is -2.32. The first-order valence-electron chi connectivity index (χ1n) is 7.87. The van der Waals surface area contributed by atoms with Gasteiger partial charge in [0.25, 0.3) is 15.7 Å². The van der Waals surface area contributed by atoms with E-state index in [1.54, 1.807) is 11.6 Å². The highest BCUT2D eigenvalue weighted by molar-refractivity contribution is 7.86. The van der Waals surface area contributed by atoms with Crippen LogP contribution in [-0.2, 0) is 27.9 Å². The molecular formula is C14H16N6O5S. The molecule has 1 saturated carbocycles. The molecule has 0 atom stereocenters. The highest BCUT2D eigenvalue weighted by atomic mass is 32.2. The molecule has 0 bridgehead atoms. The number of hydrogen-bond donors (Lipinski definition) is 0. The second-order valence-corrected chi connectivity index (χ2v) is 7.94. The number of hydrogen-bond acceptors (Lipinski definition) is 9. The highest BCUT2D eigenvalue weighted by Crippen LogP contribution is 2.37. The SMILES string of the molecule is Cn1cnc2ncn(Cc3nc(C4CC(OS(C)(=O)=O)C4)no3)c(=O)c21. The summed E-state index contributed by atoms with van der Waals surface area (Å²) in [5.41, 5.74) is 0.526. The van der Waals surface area contributed by atoms with E-state index >= 15 is 0 Å². The fourth-order valence-electron chi connectivity index (χ4n) is 2.93. The van der Waals surface area contributed by atoms with Gasteiger partial charge in [-0.25, -0.2) is 9.97 Å². The maximum absolute atomic E-state index is 12.5. The van der Waals surface area contributed by atoms with E-state index in [-0.39, 0.29) is 30.0 Å². The van der Waals surface area contributed by atoms with Crippen LogP contribution >= 0.6 is 0 Å². The average molecular weight is 380 g/mol. The zero-order valence-electron chi connectivity index (χ0n) is 14.1. The fourth-order valence-corrected chi connectivity index (χ4v) is 3.58. The van der Waals surface area contributed by atoms with Crippen LogP contribution in [0.15, 0.2) is 22.0 Å². The summed E-state index contributed by atoms with van der Waals surface area (Å²) < 4.78 is 35.3. The summed E-state index contributed by atoms with van der Waals surface area (Å²) in [7, 11) is -1.74. The van der Waals surface area contributed by atoms with Crippen molar-refractivity contribution in [2.75, 3.05) is 6.26 Å². The predicted molar refractivity (Wildman–Crippen MR) is 87.9 cm³/mol. The largest absolute Gasteiger partial charge is 0.337 e. The van der Waals surface area contributed by atoms with E-state index in [1.807, 2.05) is 0 Å². The molecule has 12 heteroatoms. The summed E-state index contributed by atoms with van der Waals surface area (Å²) in [5.74, 6) is 0.738. The first-order chi connectivity index (χ1) is 12.3. The van der Waals surface area contributed by atoms with E-state index in [9.17, 15) is 13.2 Å². The standard InChI is InChI=1S/C14H16N6O5S/c1-19-6-15-13-11(19)14(21)20(7-16-13)5-10-17-12(18-24-10)8-3-9(4-8)25-26(2,22)23/h6-9H,3-5H2,1-2H3. The van der Waals surface area contributed by atoms with Crippen LogP contribution in [0.5, 0.6) is 0 Å². The zero-order chi connectivity index (χ0) is 18.5. The molecule has 0 aliphatic heterocycles.